The van der Waals surface area contributed by atoms with Crippen LogP contribution in [-0.2, 0) is 11.2 Å². The standard InChI is InChI=1S/C19H19FN2O3/c1-25-17-4-2-3-15-19(17)13(10-21-15)9-18(24)22-11-16(23)12-5-7-14(20)8-6-12/h2-8,10,16,21,23H,9,11H2,1H3,(H,22,24). The molecule has 3 rings (SSSR count). The Hall–Kier alpha value is -2.86. The molecule has 0 saturated heterocycles. The third-order valence-corrected chi connectivity index (χ3v) is 4.07. The summed E-state index contributed by atoms with van der Waals surface area (Å²) < 4.78 is 18.3. The summed E-state index contributed by atoms with van der Waals surface area (Å²) in [6.45, 7) is 0.0595. The van der Waals surface area contributed by atoms with Crippen molar-refractivity contribution in [2.75, 3.05) is 13.7 Å². The number of hydrogen-bond donors (Lipinski definition) is 3. The summed E-state index contributed by atoms with van der Waals surface area (Å²) in [6.07, 6.45) is 1.06. The van der Waals surface area contributed by atoms with E-state index in [1.54, 1.807) is 13.3 Å². The van der Waals surface area contributed by atoms with E-state index in [4.69, 9.17) is 4.74 Å². The first-order valence-corrected chi connectivity index (χ1v) is 7.91. The Bertz CT molecular complexity index is 874. The second-order valence-electron chi connectivity index (χ2n) is 5.74. The van der Waals surface area contributed by atoms with Gasteiger partial charge in [0.1, 0.15) is 11.6 Å². The van der Waals surface area contributed by atoms with Gasteiger partial charge in [0, 0.05) is 23.6 Å². The van der Waals surface area contributed by atoms with E-state index in [2.05, 4.69) is 10.3 Å². The minimum absolute atomic E-state index is 0.0595. The normalized spacial score (nSPS) is 12.1. The second-order valence-corrected chi connectivity index (χ2v) is 5.74. The molecular weight excluding hydrogens is 323 g/mol. The molecule has 0 saturated carbocycles. The SMILES string of the molecule is COc1cccc2[nH]cc(CC(=O)NCC(O)c3ccc(F)cc3)c12. The van der Waals surface area contributed by atoms with Crippen LogP contribution in [0.3, 0.4) is 0 Å². The zero-order chi connectivity index (χ0) is 17.8. The minimum atomic E-state index is -0.887. The van der Waals surface area contributed by atoms with Crippen LogP contribution in [0.15, 0.2) is 48.7 Å². The van der Waals surface area contributed by atoms with Crippen LogP contribution in [0.2, 0.25) is 0 Å². The van der Waals surface area contributed by atoms with Crippen LogP contribution in [0, 0.1) is 5.82 Å². The maximum atomic E-state index is 12.9. The number of halogens is 1. The van der Waals surface area contributed by atoms with Gasteiger partial charge >= 0.3 is 0 Å². The monoisotopic (exact) mass is 342 g/mol. The number of nitrogens with one attached hydrogen (secondary N) is 2. The van der Waals surface area contributed by atoms with Crippen LogP contribution in [0.4, 0.5) is 4.39 Å². The highest BCUT2D eigenvalue weighted by Gasteiger charge is 2.14. The molecule has 0 bridgehead atoms. The zero-order valence-corrected chi connectivity index (χ0v) is 13.8. The largest absolute Gasteiger partial charge is 0.496 e. The lowest BCUT2D eigenvalue weighted by Crippen LogP contribution is -2.29. The van der Waals surface area contributed by atoms with Crippen LogP contribution in [0.25, 0.3) is 10.9 Å². The van der Waals surface area contributed by atoms with Crippen molar-refractivity contribution < 1.29 is 19.0 Å². The number of benzene rings is 2. The van der Waals surface area contributed by atoms with Crippen molar-refractivity contribution >= 4 is 16.8 Å². The quantitative estimate of drug-likeness (QED) is 0.645. The molecule has 0 fully saturated rings. The van der Waals surface area contributed by atoms with Gasteiger partial charge in [0.15, 0.2) is 0 Å². The van der Waals surface area contributed by atoms with Gasteiger partial charge in [-0.1, -0.05) is 18.2 Å². The van der Waals surface area contributed by atoms with Gasteiger partial charge < -0.3 is 20.1 Å². The van der Waals surface area contributed by atoms with Crippen LogP contribution < -0.4 is 10.1 Å². The average molecular weight is 342 g/mol. The van der Waals surface area contributed by atoms with Crippen molar-refractivity contribution in [3.8, 4) is 5.75 Å². The fraction of sp³-hybridized carbons (Fsp3) is 0.211. The topological polar surface area (TPSA) is 74.4 Å². The van der Waals surface area contributed by atoms with Crippen molar-refractivity contribution in [3.05, 3.63) is 65.6 Å². The molecule has 1 atom stereocenters. The van der Waals surface area contributed by atoms with Crippen molar-refractivity contribution in [3.63, 3.8) is 0 Å². The molecule has 0 radical (unpaired) electrons. The molecule has 0 aliphatic heterocycles. The summed E-state index contributed by atoms with van der Waals surface area (Å²) in [4.78, 5) is 15.3. The number of H-pyrrole nitrogens is 1. The Balaban J connectivity index is 1.64. The first-order valence-electron chi connectivity index (χ1n) is 7.91. The third kappa shape index (κ3) is 3.80. The van der Waals surface area contributed by atoms with E-state index in [0.29, 0.717) is 11.3 Å². The van der Waals surface area contributed by atoms with E-state index in [1.165, 1.54) is 24.3 Å². The second kappa shape index (κ2) is 7.36. The van der Waals surface area contributed by atoms with E-state index in [0.717, 1.165) is 16.5 Å². The average Bonchev–Trinajstić information content (AvgIpc) is 3.03. The van der Waals surface area contributed by atoms with E-state index in [-0.39, 0.29) is 24.7 Å². The number of carbonyl (C=O) groups excluding carboxylic acids is 1. The molecular formula is C19H19FN2O3. The van der Waals surface area contributed by atoms with Crippen molar-refractivity contribution in [1.29, 1.82) is 0 Å². The predicted molar refractivity (Wildman–Crippen MR) is 92.9 cm³/mol. The molecule has 1 heterocycles. The fourth-order valence-corrected chi connectivity index (χ4v) is 2.78. The van der Waals surface area contributed by atoms with Gasteiger partial charge in [-0.3, -0.25) is 4.79 Å². The fourth-order valence-electron chi connectivity index (χ4n) is 2.78. The Morgan fingerprint density at radius 3 is 2.76 bits per heavy atom. The van der Waals surface area contributed by atoms with Crippen LogP contribution in [0.5, 0.6) is 5.75 Å². The maximum absolute atomic E-state index is 12.9. The molecule has 130 valence electrons. The Labute approximate surface area is 144 Å². The number of methoxy groups -OCH3 is 1. The lowest BCUT2D eigenvalue weighted by atomic mass is 10.1. The number of carbonyl (C=O) groups is 1. The Morgan fingerprint density at radius 1 is 1.28 bits per heavy atom. The summed E-state index contributed by atoms with van der Waals surface area (Å²) in [5.41, 5.74) is 2.27. The van der Waals surface area contributed by atoms with E-state index >= 15 is 0 Å². The summed E-state index contributed by atoms with van der Waals surface area (Å²) >= 11 is 0. The first kappa shape index (κ1) is 17.0. The number of aromatic nitrogens is 1. The third-order valence-electron chi connectivity index (χ3n) is 4.07. The molecule has 6 heteroatoms. The van der Waals surface area contributed by atoms with E-state index in [9.17, 15) is 14.3 Å². The first-order chi connectivity index (χ1) is 12.1. The van der Waals surface area contributed by atoms with E-state index in [1.807, 2.05) is 18.2 Å². The number of rotatable bonds is 6. The van der Waals surface area contributed by atoms with Crippen LogP contribution in [-0.4, -0.2) is 29.7 Å². The molecule has 0 aliphatic carbocycles. The lowest BCUT2D eigenvalue weighted by Gasteiger charge is -2.12. The number of fused-ring (bicyclic) bond motifs is 1. The number of amides is 1. The highest BCUT2D eigenvalue weighted by atomic mass is 19.1. The molecule has 3 aromatic rings. The molecule has 1 unspecified atom stereocenters. The van der Waals surface area contributed by atoms with Gasteiger partial charge in [0.2, 0.25) is 5.91 Å². The van der Waals surface area contributed by atoms with Crippen molar-refractivity contribution in [2.24, 2.45) is 0 Å². The minimum Gasteiger partial charge on any atom is -0.496 e. The number of hydrogen-bond acceptors (Lipinski definition) is 3. The molecule has 5 nitrogen and oxygen atoms in total. The van der Waals surface area contributed by atoms with Crippen LogP contribution in [0.1, 0.15) is 17.2 Å². The number of aliphatic hydroxyl groups is 1. The summed E-state index contributed by atoms with van der Waals surface area (Å²) in [5.74, 6) is 0.120. The molecule has 0 spiro atoms. The molecule has 25 heavy (non-hydrogen) atoms. The summed E-state index contributed by atoms with van der Waals surface area (Å²) in [7, 11) is 1.59. The molecule has 3 N–H and O–H groups in total. The van der Waals surface area contributed by atoms with Gasteiger partial charge in [-0.2, -0.15) is 0 Å². The summed E-state index contributed by atoms with van der Waals surface area (Å²) in [5, 5.41) is 13.6. The highest BCUT2D eigenvalue weighted by molar-refractivity contribution is 5.93. The number of aromatic amines is 1. The predicted octanol–water partition coefficient (Wildman–Crippen LogP) is 2.71. The maximum Gasteiger partial charge on any atom is 0.224 e. The van der Waals surface area contributed by atoms with Gasteiger partial charge in [0.25, 0.3) is 0 Å². The summed E-state index contributed by atoms with van der Waals surface area (Å²) in [6, 6.07) is 11.2. The smallest absolute Gasteiger partial charge is 0.224 e. The molecule has 0 aliphatic rings. The van der Waals surface area contributed by atoms with Crippen LogP contribution >= 0.6 is 0 Å². The molecule has 1 amide bonds. The Morgan fingerprint density at radius 2 is 2.04 bits per heavy atom. The van der Waals surface area contributed by atoms with Crippen molar-refractivity contribution in [2.45, 2.75) is 12.5 Å². The highest BCUT2D eigenvalue weighted by Crippen LogP contribution is 2.28. The van der Waals surface area contributed by atoms with Gasteiger partial charge in [-0.25, -0.2) is 4.39 Å². The lowest BCUT2D eigenvalue weighted by molar-refractivity contribution is -0.120. The number of aliphatic hydroxyl groups excluding tert-OH is 1. The van der Waals surface area contributed by atoms with Gasteiger partial charge in [-0.15, -0.1) is 0 Å². The molecule has 1 aromatic heterocycles. The molecule has 2 aromatic carbocycles. The number of ether oxygens (including phenoxy) is 1. The van der Waals surface area contributed by atoms with Crippen molar-refractivity contribution in [1.82, 2.24) is 10.3 Å². The van der Waals surface area contributed by atoms with Gasteiger partial charge in [0.05, 0.1) is 19.6 Å². The van der Waals surface area contributed by atoms with E-state index < -0.39 is 6.10 Å². The van der Waals surface area contributed by atoms with Gasteiger partial charge in [-0.05, 0) is 35.4 Å². The zero-order valence-electron chi connectivity index (χ0n) is 13.8. The Kier molecular flexibility index (Phi) is 5.00.